The Morgan fingerprint density at radius 2 is 1.96 bits per heavy atom. The van der Waals surface area contributed by atoms with Crippen LogP contribution in [0.3, 0.4) is 0 Å². The molecule has 1 aliphatic heterocycles. The number of thiocarbonyl (C=S) groups is 1. The van der Waals surface area contributed by atoms with Crippen LogP contribution >= 0.6 is 12.2 Å². The number of carbonyl (C=O) groups excluding carboxylic acids is 2. The Bertz CT molecular complexity index is 492. The Kier molecular flexibility index (Phi) is 6.83. The first-order chi connectivity index (χ1) is 11.1. The number of nitrogens with zero attached hydrogens (tertiary/aromatic N) is 2. The van der Waals surface area contributed by atoms with Crippen LogP contribution in [-0.4, -0.2) is 53.1 Å². The van der Waals surface area contributed by atoms with E-state index in [9.17, 15) is 9.59 Å². The number of nitrogens with one attached hydrogen (secondary N) is 2. The van der Waals surface area contributed by atoms with Gasteiger partial charge in [0.15, 0.2) is 5.11 Å². The molecule has 0 bridgehead atoms. The lowest BCUT2D eigenvalue weighted by molar-refractivity contribution is -0.139. The molecule has 0 saturated carbocycles. The van der Waals surface area contributed by atoms with Gasteiger partial charge in [-0.1, -0.05) is 11.6 Å². The molecule has 6 nitrogen and oxygen atoms in total. The standard InChI is InChI=1S/C16H26N4O2S/c1-13(21)18-12-15(22)19-10-5-11-20(19)16(23)17-9-8-14-6-3-2-4-7-14/h6H,2-5,7-12H2,1H3,(H,17,23)(H,18,21). The molecular formula is C16H26N4O2S. The molecule has 2 aliphatic rings. The van der Waals surface area contributed by atoms with Gasteiger partial charge < -0.3 is 10.6 Å². The van der Waals surface area contributed by atoms with E-state index in [1.54, 1.807) is 5.01 Å². The molecule has 0 aromatic carbocycles. The summed E-state index contributed by atoms with van der Waals surface area (Å²) in [4.78, 5) is 23.1. The van der Waals surface area contributed by atoms with Crippen molar-refractivity contribution in [2.24, 2.45) is 0 Å². The predicted molar refractivity (Wildman–Crippen MR) is 93.5 cm³/mol. The lowest BCUT2D eigenvalue weighted by Gasteiger charge is -2.30. The number of amides is 2. The second kappa shape index (κ2) is 8.86. The van der Waals surface area contributed by atoms with E-state index in [-0.39, 0.29) is 18.4 Å². The molecule has 0 atom stereocenters. The topological polar surface area (TPSA) is 64.7 Å². The second-order valence-electron chi connectivity index (χ2n) is 5.99. The maximum Gasteiger partial charge on any atom is 0.260 e. The molecule has 23 heavy (non-hydrogen) atoms. The summed E-state index contributed by atoms with van der Waals surface area (Å²) in [6.45, 7) is 3.60. The van der Waals surface area contributed by atoms with Crippen LogP contribution in [0.15, 0.2) is 11.6 Å². The van der Waals surface area contributed by atoms with E-state index < -0.39 is 0 Å². The van der Waals surface area contributed by atoms with Gasteiger partial charge in [-0.15, -0.1) is 0 Å². The van der Waals surface area contributed by atoms with Gasteiger partial charge in [0.2, 0.25) is 5.91 Å². The number of allylic oxidation sites excluding steroid dienone is 1. The van der Waals surface area contributed by atoms with Crippen molar-refractivity contribution in [2.45, 2.75) is 45.4 Å². The fraction of sp³-hybridized carbons (Fsp3) is 0.688. The molecule has 7 heteroatoms. The molecule has 0 radical (unpaired) electrons. The molecule has 0 aromatic rings. The van der Waals surface area contributed by atoms with Crippen molar-refractivity contribution >= 4 is 29.1 Å². The Labute approximate surface area is 143 Å². The van der Waals surface area contributed by atoms with Crippen LogP contribution in [0, 0.1) is 0 Å². The highest BCUT2D eigenvalue weighted by Crippen LogP contribution is 2.19. The first-order valence-corrected chi connectivity index (χ1v) is 8.76. The summed E-state index contributed by atoms with van der Waals surface area (Å²) in [5.41, 5.74) is 1.51. The average Bonchev–Trinajstić information content (AvgIpc) is 3.03. The number of hydrogen-bond donors (Lipinski definition) is 2. The maximum atomic E-state index is 12.2. The molecule has 0 unspecified atom stereocenters. The van der Waals surface area contributed by atoms with Crippen molar-refractivity contribution in [3.8, 4) is 0 Å². The molecule has 2 rings (SSSR count). The Morgan fingerprint density at radius 1 is 1.17 bits per heavy atom. The van der Waals surface area contributed by atoms with Gasteiger partial charge in [-0.2, -0.15) is 0 Å². The minimum atomic E-state index is -0.203. The first kappa shape index (κ1) is 17.7. The third-order valence-electron chi connectivity index (χ3n) is 4.15. The molecule has 1 aliphatic carbocycles. The van der Waals surface area contributed by atoms with Crippen molar-refractivity contribution in [3.63, 3.8) is 0 Å². The van der Waals surface area contributed by atoms with Gasteiger partial charge in [-0.05, 0) is 50.7 Å². The Hall–Kier alpha value is -1.63. The van der Waals surface area contributed by atoms with Gasteiger partial charge in [0.1, 0.15) is 0 Å². The number of hydrogen-bond acceptors (Lipinski definition) is 3. The smallest absolute Gasteiger partial charge is 0.260 e. The number of hydrazine groups is 1. The molecule has 2 amide bonds. The van der Waals surface area contributed by atoms with E-state index in [1.165, 1.54) is 38.2 Å². The summed E-state index contributed by atoms with van der Waals surface area (Å²) >= 11 is 5.43. The van der Waals surface area contributed by atoms with Gasteiger partial charge in [-0.25, -0.2) is 0 Å². The molecule has 1 heterocycles. The summed E-state index contributed by atoms with van der Waals surface area (Å²) in [5, 5.41) is 9.83. The Balaban J connectivity index is 1.76. The molecule has 1 saturated heterocycles. The third kappa shape index (κ3) is 5.49. The van der Waals surface area contributed by atoms with Gasteiger partial charge in [0, 0.05) is 26.6 Å². The molecule has 1 fully saturated rings. The predicted octanol–water partition coefficient (Wildman–Crippen LogP) is 1.34. The van der Waals surface area contributed by atoms with Crippen molar-refractivity contribution in [1.29, 1.82) is 0 Å². The normalized spacial score (nSPS) is 17.7. The highest BCUT2D eigenvalue weighted by atomic mass is 32.1. The van der Waals surface area contributed by atoms with Crippen LogP contribution < -0.4 is 10.6 Å². The highest BCUT2D eigenvalue weighted by molar-refractivity contribution is 7.80. The molecule has 128 valence electrons. The Morgan fingerprint density at radius 3 is 2.65 bits per heavy atom. The van der Waals surface area contributed by atoms with Crippen LogP contribution in [-0.2, 0) is 9.59 Å². The van der Waals surface area contributed by atoms with Crippen LogP contribution in [0.2, 0.25) is 0 Å². The van der Waals surface area contributed by atoms with E-state index in [4.69, 9.17) is 12.2 Å². The van der Waals surface area contributed by atoms with Crippen LogP contribution in [0.4, 0.5) is 0 Å². The molecule has 0 aromatic heterocycles. The zero-order valence-electron chi connectivity index (χ0n) is 13.8. The lowest BCUT2D eigenvalue weighted by atomic mass is 9.97. The monoisotopic (exact) mass is 338 g/mol. The van der Waals surface area contributed by atoms with Crippen LogP contribution in [0.25, 0.3) is 0 Å². The van der Waals surface area contributed by atoms with Gasteiger partial charge in [-0.3, -0.25) is 19.6 Å². The zero-order chi connectivity index (χ0) is 16.7. The van der Waals surface area contributed by atoms with Crippen molar-refractivity contribution in [3.05, 3.63) is 11.6 Å². The summed E-state index contributed by atoms with van der Waals surface area (Å²) in [6, 6.07) is 0. The molecule has 2 N–H and O–H groups in total. The summed E-state index contributed by atoms with van der Waals surface area (Å²) < 4.78 is 0. The largest absolute Gasteiger partial charge is 0.361 e. The van der Waals surface area contributed by atoms with E-state index >= 15 is 0 Å². The SMILES string of the molecule is CC(=O)NCC(=O)N1CCCN1C(=S)NCCC1=CCCCC1. The molecule has 0 spiro atoms. The van der Waals surface area contributed by atoms with E-state index in [0.29, 0.717) is 11.7 Å². The van der Waals surface area contributed by atoms with E-state index in [2.05, 4.69) is 16.7 Å². The van der Waals surface area contributed by atoms with E-state index in [1.807, 2.05) is 5.01 Å². The van der Waals surface area contributed by atoms with Crippen LogP contribution in [0.5, 0.6) is 0 Å². The van der Waals surface area contributed by atoms with Gasteiger partial charge >= 0.3 is 0 Å². The second-order valence-corrected chi connectivity index (χ2v) is 6.38. The van der Waals surface area contributed by atoms with Crippen LogP contribution in [0.1, 0.15) is 45.4 Å². The number of rotatable bonds is 5. The zero-order valence-corrected chi connectivity index (χ0v) is 14.6. The van der Waals surface area contributed by atoms with Gasteiger partial charge in [0.25, 0.3) is 5.91 Å². The summed E-state index contributed by atoms with van der Waals surface area (Å²) in [7, 11) is 0. The van der Waals surface area contributed by atoms with Crippen molar-refractivity contribution < 1.29 is 9.59 Å². The first-order valence-electron chi connectivity index (χ1n) is 8.36. The maximum absolute atomic E-state index is 12.2. The highest BCUT2D eigenvalue weighted by Gasteiger charge is 2.28. The minimum absolute atomic E-state index is 0.0152. The number of carbonyl (C=O) groups is 2. The average molecular weight is 338 g/mol. The minimum Gasteiger partial charge on any atom is -0.361 e. The van der Waals surface area contributed by atoms with Crippen molar-refractivity contribution in [2.75, 3.05) is 26.2 Å². The third-order valence-corrected chi connectivity index (χ3v) is 4.50. The fourth-order valence-corrected chi connectivity index (χ4v) is 3.22. The summed E-state index contributed by atoms with van der Waals surface area (Å²) in [6.07, 6.45) is 9.21. The quantitative estimate of drug-likeness (QED) is 0.585. The molecular weight excluding hydrogens is 312 g/mol. The summed E-state index contributed by atoms with van der Waals surface area (Å²) in [5.74, 6) is -0.331. The van der Waals surface area contributed by atoms with Gasteiger partial charge in [0.05, 0.1) is 6.54 Å². The van der Waals surface area contributed by atoms with E-state index in [0.717, 1.165) is 25.9 Å². The fourth-order valence-electron chi connectivity index (χ4n) is 2.93. The van der Waals surface area contributed by atoms with Crippen molar-refractivity contribution in [1.82, 2.24) is 20.7 Å². The lowest BCUT2D eigenvalue weighted by Crippen LogP contribution is -2.51.